The molecule has 1 aromatic carbocycles. The number of sulfonamides is 1. The van der Waals surface area contributed by atoms with Crippen molar-refractivity contribution in [2.45, 2.75) is 32.1 Å². The molecule has 0 radical (unpaired) electrons. The molecule has 1 aliphatic rings. The summed E-state index contributed by atoms with van der Waals surface area (Å²) in [7, 11) is -3.47. The summed E-state index contributed by atoms with van der Waals surface area (Å²) in [5.41, 5.74) is 1.03. The van der Waals surface area contributed by atoms with Crippen molar-refractivity contribution >= 4 is 15.9 Å². The van der Waals surface area contributed by atoms with Crippen molar-refractivity contribution in [3.63, 3.8) is 0 Å². The predicted octanol–water partition coefficient (Wildman–Crippen LogP) is 1.56. The zero-order chi connectivity index (χ0) is 18.4. The fourth-order valence-corrected chi connectivity index (χ4v) is 4.41. The predicted molar refractivity (Wildman–Crippen MR) is 98.9 cm³/mol. The first-order valence-electron chi connectivity index (χ1n) is 8.95. The van der Waals surface area contributed by atoms with Gasteiger partial charge >= 0.3 is 0 Å². The molecule has 7 heteroatoms. The molecule has 1 saturated heterocycles. The zero-order valence-corrected chi connectivity index (χ0v) is 16.3. The maximum absolute atomic E-state index is 12.7. The van der Waals surface area contributed by atoms with E-state index in [1.54, 1.807) is 29.2 Å². The van der Waals surface area contributed by atoms with E-state index in [1.807, 2.05) is 6.92 Å². The summed E-state index contributed by atoms with van der Waals surface area (Å²) in [6, 6.07) is 6.90. The fourth-order valence-electron chi connectivity index (χ4n) is 2.99. The molecule has 0 saturated carbocycles. The quantitative estimate of drug-likeness (QED) is 0.734. The lowest BCUT2D eigenvalue weighted by Gasteiger charge is -2.34. The molecule has 0 bridgehead atoms. The van der Waals surface area contributed by atoms with Crippen LogP contribution >= 0.6 is 0 Å². The third-order valence-electron chi connectivity index (χ3n) is 4.79. The Bertz CT molecular complexity index is 661. The minimum Gasteiger partial charge on any atom is -0.340 e. The molecule has 0 aliphatic carbocycles. The van der Waals surface area contributed by atoms with E-state index in [-0.39, 0.29) is 5.91 Å². The average Bonchev–Trinajstić information content (AvgIpc) is 2.63. The number of nitrogens with zero attached hydrogens (tertiary/aromatic N) is 3. The highest BCUT2D eigenvalue weighted by Gasteiger charge is 2.29. The van der Waals surface area contributed by atoms with Crippen LogP contribution in [-0.2, 0) is 14.8 Å². The van der Waals surface area contributed by atoms with Crippen LogP contribution in [0.1, 0.15) is 25.8 Å². The Morgan fingerprint density at radius 1 is 1.04 bits per heavy atom. The topological polar surface area (TPSA) is 60.9 Å². The second-order valence-corrected chi connectivity index (χ2v) is 8.31. The largest absolute Gasteiger partial charge is 0.340 e. The van der Waals surface area contributed by atoms with Crippen LogP contribution < -0.4 is 0 Å². The number of benzene rings is 1. The van der Waals surface area contributed by atoms with Crippen LogP contribution in [0, 0.1) is 6.92 Å². The standard InChI is InChI=1S/C18H29N3O3S/c1-4-19(5-2)11-10-18(22)20-12-14-21(15-13-20)25(23,24)17-8-6-16(3)7-9-17/h6-9H,4-5,10-15H2,1-3H3. The molecular weight excluding hydrogens is 338 g/mol. The van der Waals surface area contributed by atoms with Gasteiger partial charge in [-0.25, -0.2) is 8.42 Å². The monoisotopic (exact) mass is 367 g/mol. The third kappa shape index (κ3) is 5.03. The first-order valence-corrected chi connectivity index (χ1v) is 10.4. The van der Waals surface area contributed by atoms with Crippen molar-refractivity contribution < 1.29 is 13.2 Å². The SMILES string of the molecule is CCN(CC)CCC(=O)N1CCN(S(=O)(=O)c2ccc(C)cc2)CC1. The van der Waals surface area contributed by atoms with E-state index in [0.29, 0.717) is 37.5 Å². The number of piperazine rings is 1. The van der Waals surface area contributed by atoms with Crippen LogP contribution in [0.4, 0.5) is 0 Å². The molecule has 6 nitrogen and oxygen atoms in total. The van der Waals surface area contributed by atoms with Gasteiger partial charge in [-0.3, -0.25) is 4.79 Å². The number of hydrogen-bond acceptors (Lipinski definition) is 4. The third-order valence-corrected chi connectivity index (χ3v) is 6.70. The minimum atomic E-state index is -3.47. The summed E-state index contributed by atoms with van der Waals surface area (Å²) in [4.78, 5) is 16.6. The van der Waals surface area contributed by atoms with Crippen molar-refractivity contribution in [3.8, 4) is 0 Å². The average molecular weight is 368 g/mol. The zero-order valence-electron chi connectivity index (χ0n) is 15.4. The first kappa shape index (κ1) is 19.9. The molecule has 0 N–H and O–H groups in total. The van der Waals surface area contributed by atoms with Crippen molar-refractivity contribution in [2.75, 3.05) is 45.8 Å². The first-order chi connectivity index (χ1) is 11.9. The molecule has 0 aromatic heterocycles. The van der Waals surface area contributed by atoms with E-state index in [1.165, 1.54) is 4.31 Å². The van der Waals surface area contributed by atoms with Crippen LogP contribution in [0.2, 0.25) is 0 Å². The fraction of sp³-hybridized carbons (Fsp3) is 0.611. The molecular formula is C18H29N3O3S. The van der Waals surface area contributed by atoms with Gasteiger partial charge < -0.3 is 9.80 Å². The molecule has 0 unspecified atom stereocenters. The normalized spacial score (nSPS) is 16.4. The lowest BCUT2D eigenvalue weighted by atomic mass is 10.2. The van der Waals surface area contributed by atoms with Gasteiger partial charge in [0.25, 0.3) is 0 Å². The van der Waals surface area contributed by atoms with Gasteiger partial charge in [-0.05, 0) is 32.1 Å². The van der Waals surface area contributed by atoms with Crippen LogP contribution in [0.15, 0.2) is 29.2 Å². The summed E-state index contributed by atoms with van der Waals surface area (Å²) in [6.45, 7) is 10.4. The molecule has 0 spiro atoms. The van der Waals surface area contributed by atoms with Crippen molar-refractivity contribution in [3.05, 3.63) is 29.8 Å². The van der Waals surface area contributed by atoms with E-state index in [4.69, 9.17) is 0 Å². The molecule has 25 heavy (non-hydrogen) atoms. The van der Waals surface area contributed by atoms with Gasteiger partial charge in [0.05, 0.1) is 4.90 Å². The van der Waals surface area contributed by atoms with Gasteiger partial charge in [-0.1, -0.05) is 31.5 Å². The second kappa shape index (κ2) is 8.78. The van der Waals surface area contributed by atoms with E-state index in [2.05, 4.69) is 18.7 Å². The molecule has 1 aromatic rings. The highest BCUT2D eigenvalue weighted by atomic mass is 32.2. The summed E-state index contributed by atoms with van der Waals surface area (Å²) in [5, 5.41) is 0. The maximum Gasteiger partial charge on any atom is 0.243 e. The molecule has 2 rings (SSSR count). The number of aryl methyl sites for hydroxylation is 1. The number of hydrogen-bond donors (Lipinski definition) is 0. The number of carbonyl (C=O) groups excluding carboxylic acids is 1. The molecule has 0 atom stereocenters. The van der Waals surface area contributed by atoms with Crippen molar-refractivity contribution in [1.82, 2.24) is 14.1 Å². The summed E-state index contributed by atoms with van der Waals surface area (Å²) in [5.74, 6) is 0.110. The Morgan fingerprint density at radius 2 is 1.60 bits per heavy atom. The Balaban J connectivity index is 1.90. The number of amides is 1. The maximum atomic E-state index is 12.7. The highest BCUT2D eigenvalue weighted by molar-refractivity contribution is 7.89. The van der Waals surface area contributed by atoms with Gasteiger partial charge in [-0.15, -0.1) is 0 Å². The van der Waals surface area contributed by atoms with Crippen LogP contribution in [0.3, 0.4) is 0 Å². The number of carbonyl (C=O) groups is 1. The van der Waals surface area contributed by atoms with E-state index in [0.717, 1.165) is 25.2 Å². The van der Waals surface area contributed by atoms with Gasteiger partial charge in [0.1, 0.15) is 0 Å². The van der Waals surface area contributed by atoms with Gasteiger partial charge in [0, 0.05) is 39.1 Å². The lowest BCUT2D eigenvalue weighted by molar-refractivity contribution is -0.132. The Hall–Kier alpha value is -1.44. The molecule has 1 fully saturated rings. The summed E-state index contributed by atoms with van der Waals surface area (Å²) in [6.07, 6.45) is 0.492. The van der Waals surface area contributed by atoms with Crippen molar-refractivity contribution in [1.29, 1.82) is 0 Å². The van der Waals surface area contributed by atoms with Gasteiger partial charge in [0.2, 0.25) is 15.9 Å². The summed E-state index contributed by atoms with van der Waals surface area (Å²) >= 11 is 0. The smallest absolute Gasteiger partial charge is 0.243 e. The highest BCUT2D eigenvalue weighted by Crippen LogP contribution is 2.18. The van der Waals surface area contributed by atoms with Crippen LogP contribution in [-0.4, -0.2) is 74.2 Å². The molecule has 1 aliphatic heterocycles. The van der Waals surface area contributed by atoms with E-state index in [9.17, 15) is 13.2 Å². The second-order valence-electron chi connectivity index (χ2n) is 6.37. The van der Waals surface area contributed by atoms with Gasteiger partial charge in [-0.2, -0.15) is 4.31 Å². The van der Waals surface area contributed by atoms with E-state index < -0.39 is 10.0 Å². The van der Waals surface area contributed by atoms with Crippen LogP contribution in [0.25, 0.3) is 0 Å². The summed E-state index contributed by atoms with van der Waals surface area (Å²) < 4.78 is 26.8. The van der Waals surface area contributed by atoms with Crippen LogP contribution in [0.5, 0.6) is 0 Å². The Morgan fingerprint density at radius 3 is 2.12 bits per heavy atom. The number of rotatable bonds is 7. The molecule has 140 valence electrons. The van der Waals surface area contributed by atoms with E-state index >= 15 is 0 Å². The Kier molecular flexibility index (Phi) is 6.98. The Labute approximate surface area is 151 Å². The van der Waals surface area contributed by atoms with Gasteiger partial charge in [0.15, 0.2) is 0 Å². The van der Waals surface area contributed by atoms with Crippen molar-refractivity contribution in [2.24, 2.45) is 0 Å². The minimum absolute atomic E-state index is 0.110. The lowest BCUT2D eigenvalue weighted by Crippen LogP contribution is -2.50. The molecule has 1 heterocycles. The molecule has 1 amide bonds.